The molecule has 1 saturated heterocycles. The SMILES string of the molecule is C=CCN(CC=C)C(=O)C[C@@H]1C(=O)NCCN1Cc1ccc(F)c(F)c1. The van der Waals surface area contributed by atoms with Gasteiger partial charge < -0.3 is 10.2 Å². The predicted octanol–water partition coefficient (Wildman–Crippen LogP) is 1.86. The van der Waals surface area contributed by atoms with Crippen molar-refractivity contribution in [2.45, 2.75) is 19.0 Å². The van der Waals surface area contributed by atoms with E-state index >= 15 is 0 Å². The Morgan fingerprint density at radius 2 is 1.96 bits per heavy atom. The zero-order valence-corrected chi connectivity index (χ0v) is 14.6. The van der Waals surface area contributed by atoms with E-state index in [-0.39, 0.29) is 24.8 Å². The van der Waals surface area contributed by atoms with Gasteiger partial charge in [-0.2, -0.15) is 0 Å². The first kappa shape index (κ1) is 19.8. The van der Waals surface area contributed by atoms with Crippen molar-refractivity contribution < 1.29 is 18.4 Å². The zero-order chi connectivity index (χ0) is 19.1. The van der Waals surface area contributed by atoms with Crippen molar-refractivity contribution in [2.75, 3.05) is 26.2 Å². The molecule has 1 N–H and O–H groups in total. The molecule has 0 aliphatic carbocycles. The van der Waals surface area contributed by atoms with Crippen LogP contribution in [-0.4, -0.2) is 53.8 Å². The summed E-state index contributed by atoms with van der Waals surface area (Å²) in [6.45, 7) is 9.20. The van der Waals surface area contributed by atoms with Crippen LogP contribution in [0.4, 0.5) is 8.78 Å². The van der Waals surface area contributed by atoms with Gasteiger partial charge in [-0.15, -0.1) is 13.2 Å². The number of carbonyl (C=O) groups is 2. The fourth-order valence-corrected chi connectivity index (χ4v) is 2.93. The summed E-state index contributed by atoms with van der Waals surface area (Å²) in [6.07, 6.45) is 3.22. The largest absolute Gasteiger partial charge is 0.353 e. The van der Waals surface area contributed by atoms with Crippen LogP contribution in [0.2, 0.25) is 0 Å². The van der Waals surface area contributed by atoms with E-state index < -0.39 is 17.7 Å². The number of benzene rings is 1. The summed E-state index contributed by atoms with van der Waals surface area (Å²) in [6, 6.07) is 2.99. The molecule has 0 radical (unpaired) electrons. The lowest BCUT2D eigenvalue weighted by molar-refractivity contribution is -0.138. The lowest BCUT2D eigenvalue weighted by Crippen LogP contribution is -2.56. The Labute approximate surface area is 152 Å². The molecule has 0 spiro atoms. The number of piperazine rings is 1. The molecular formula is C19H23F2N3O2. The molecule has 0 saturated carbocycles. The van der Waals surface area contributed by atoms with Gasteiger partial charge in [-0.3, -0.25) is 14.5 Å². The molecule has 2 amide bonds. The van der Waals surface area contributed by atoms with Gasteiger partial charge in [-0.25, -0.2) is 8.78 Å². The molecule has 0 unspecified atom stereocenters. The smallest absolute Gasteiger partial charge is 0.237 e. The quantitative estimate of drug-likeness (QED) is 0.718. The minimum atomic E-state index is -0.931. The lowest BCUT2D eigenvalue weighted by atomic mass is 10.1. The van der Waals surface area contributed by atoms with Crippen LogP contribution >= 0.6 is 0 Å². The highest BCUT2D eigenvalue weighted by Crippen LogP contribution is 2.17. The van der Waals surface area contributed by atoms with Crippen molar-refractivity contribution in [3.63, 3.8) is 0 Å². The summed E-state index contributed by atoms with van der Waals surface area (Å²) < 4.78 is 26.5. The van der Waals surface area contributed by atoms with E-state index in [9.17, 15) is 18.4 Å². The monoisotopic (exact) mass is 363 g/mol. The average molecular weight is 363 g/mol. The molecule has 0 bridgehead atoms. The van der Waals surface area contributed by atoms with Gasteiger partial charge in [0.05, 0.1) is 12.5 Å². The Morgan fingerprint density at radius 3 is 2.58 bits per heavy atom. The first-order valence-corrected chi connectivity index (χ1v) is 8.41. The topological polar surface area (TPSA) is 52.7 Å². The lowest BCUT2D eigenvalue weighted by Gasteiger charge is -2.35. The van der Waals surface area contributed by atoms with Crippen LogP contribution in [-0.2, 0) is 16.1 Å². The number of carbonyl (C=O) groups excluding carboxylic acids is 2. The van der Waals surface area contributed by atoms with E-state index in [2.05, 4.69) is 18.5 Å². The van der Waals surface area contributed by atoms with Gasteiger partial charge in [0.25, 0.3) is 0 Å². The van der Waals surface area contributed by atoms with Crippen molar-refractivity contribution in [3.8, 4) is 0 Å². The molecule has 140 valence electrons. The average Bonchev–Trinajstić information content (AvgIpc) is 2.61. The number of nitrogens with one attached hydrogen (secondary N) is 1. The van der Waals surface area contributed by atoms with Crippen LogP contribution in [0.3, 0.4) is 0 Å². The third-order valence-corrected chi connectivity index (χ3v) is 4.23. The Hall–Kier alpha value is -2.54. The van der Waals surface area contributed by atoms with E-state index in [0.717, 1.165) is 12.1 Å². The zero-order valence-electron chi connectivity index (χ0n) is 14.6. The maximum atomic E-state index is 13.4. The summed E-state index contributed by atoms with van der Waals surface area (Å²) in [4.78, 5) is 28.2. The van der Waals surface area contributed by atoms with Gasteiger partial charge in [0, 0.05) is 32.7 Å². The van der Waals surface area contributed by atoms with Crippen LogP contribution in [0.25, 0.3) is 0 Å². The number of hydrogen-bond acceptors (Lipinski definition) is 3. The van der Waals surface area contributed by atoms with Gasteiger partial charge in [-0.1, -0.05) is 18.2 Å². The van der Waals surface area contributed by atoms with Crippen molar-refractivity contribution >= 4 is 11.8 Å². The molecular weight excluding hydrogens is 340 g/mol. The second-order valence-corrected chi connectivity index (χ2v) is 6.11. The van der Waals surface area contributed by atoms with Crippen LogP contribution in [0.15, 0.2) is 43.5 Å². The standard InChI is InChI=1S/C19H23F2N3O2/c1-3-8-23(9-4-2)18(25)12-17-19(26)22-7-10-24(17)13-14-5-6-15(20)16(21)11-14/h3-6,11,17H,1-2,7-10,12-13H2,(H,22,26)/t17-/m1/s1. The maximum absolute atomic E-state index is 13.4. The maximum Gasteiger partial charge on any atom is 0.237 e. The minimum absolute atomic E-state index is 0.00279. The number of nitrogens with zero attached hydrogens (tertiary/aromatic N) is 2. The minimum Gasteiger partial charge on any atom is -0.353 e. The number of rotatable bonds is 8. The van der Waals surface area contributed by atoms with Gasteiger partial charge in [0.15, 0.2) is 11.6 Å². The summed E-state index contributed by atoms with van der Waals surface area (Å²) in [5.41, 5.74) is 0.546. The van der Waals surface area contributed by atoms with Gasteiger partial charge in [0.1, 0.15) is 0 Å². The first-order valence-electron chi connectivity index (χ1n) is 8.41. The Bertz CT molecular complexity index is 683. The van der Waals surface area contributed by atoms with E-state index in [4.69, 9.17) is 0 Å². The molecule has 1 atom stereocenters. The molecule has 1 heterocycles. The Morgan fingerprint density at radius 1 is 1.27 bits per heavy atom. The number of halogens is 2. The molecule has 1 fully saturated rings. The van der Waals surface area contributed by atoms with Crippen LogP contribution in [0.1, 0.15) is 12.0 Å². The molecule has 26 heavy (non-hydrogen) atoms. The van der Waals surface area contributed by atoms with E-state index in [1.807, 2.05) is 4.90 Å². The summed E-state index contributed by atoms with van der Waals surface area (Å²) in [5, 5.41) is 2.75. The van der Waals surface area contributed by atoms with Gasteiger partial charge >= 0.3 is 0 Å². The van der Waals surface area contributed by atoms with E-state index in [1.54, 1.807) is 17.1 Å². The molecule has 5 nitrogen and oxygen atoms in total. The fraction of sp³-hybridized carbons (Fsp3) is 0.368. The van der Waals surface area contributed by atoms with Gasteiger partial charge in [-0.05, 0) is 17.7 Å². The molecule has 1 aliphatic rings. The van der Waals surface area contributed by atoms with Crippen molar-refractivity contribution in [3.05, 3.63) is 60.7 Å². The highest BCUT2D eigenvalue weighted by molar-refractivity contribution is 5.89. The second-order valence-electron chi connectivity index (χ2n) is 6.11. The van der Waals surface area contributed by atoms with E-state index in [0.29, 0.717) is 31.7 Å². The summed E-state index contributed by atoms with van der Waals surface area (Å²) >= 11 is 0. The molecule has 0 aromatic heterocycles. The number of hydrogen-bond donors (Lipinski definition) is 1. The van der Waals surface area contributed by atoms with Crippen LogP contribution in [0, 0.1) is 11.6 Å². The summed E-state index contributed by atoms with van der Waals surface area (Å²) in [7, 11) is 0. The number of amides is 2. The molecule has 1 aromatic rings. The fourth-order valence-electron chi connectivity index (χ4n) is 2.93. The highest BCUT2D eigenvalue weighted by atomic mass is 19.2. The van der Waals surface area contributed by atoms with Crippen molar-refractivity contribution in [1.82, 2.24) is 15.1 Å². The molecule has 2 rings (SSSR count). The normalized spacial score (nSPS) is 17.5. The second kappa shape index (κ2) is 9.24. The first-order chi connectivity index (χ1) is 12.5. The molecule has 7 heteroatoms. The third kappa shape index (κ3) is 4.98. The predicted molar refractivity (Wildman–Crippen MR) is 95.2 cm³/mol. The van der Waals surface area contributed by atoms with Crippen molar-refractivity contribution in [2.24, 2.45) is 0 Å². The molecule has 1 aromatic carbocycles. The van der Waals surface area contributed by atoms with Crippen LogP contribution < -0.4 is 5.32 Å². The Balaban J connectivity index is 2.12. The van der Waals surface area contributed by atoms with Crippen molar-refractivity contribution in [1.29, 1.82) is 0 Å². The summed E-state index contributed by atoms with van der Waals surface area (Å²) in [5.74, 6) is -2.28. The third-order valence-electron chi connectivity index (χ3n) is 4.23. The highest BCUT2D eigenvalue weighted by Gasteiger charge is 2.32. The van der Waals surface area contributed by atoms with Crippen LogP contribution in [0.5, 0.6) is 0 Å². The van der Waals surface area contributed by atoms with Gasteiger partial charge in [0.2, 0.25) is 11.8 Å². The van der Waals surface area contributed by atoms with E-state index in [1.165, 1.54) is 6.07 Å². The Kier molecular flexibility index (Phi) is 7.03. The molecule has 1 aliphatic heterocycles.